The van der Waals surface area contributed by atoms with Crippen molar-refractivity contribution in [2.75, 3.05) is 0 Å². The summed E-state index contributed by atoms with van der Waals surface area (Å²) in [6, 6.07) is 25.6. The van der Waals surface area contributed by atoms with Gasteiger partial charge in [0.25, 0.3) is 0 Å². The number of hydrogen-bond donors (Lipinski definition) is 2. The molecule has 0 spiro atoms. The molecule has 0 atom stereocenters. The fraction of sp³-hybridized carbons (Fsp3) is 0.121. The third-order valence-corrected chi connectivity index (χ3v) is 8.19. The van der Waals surface area contributed by atoms with E-state index in [-0.39, 0.29) is 24.5 Å². The van der Waals surface area contributed by atoms with E-state index in [1.54, 1.807) is 30.3 Å². The number of hydrazone groups is 1. The second-order valence-corrected chi connectivity index (χ2v) is 12.1. The average Bonchev–Trinajstić information content (AvgIpc) is 3.62. The molecule has 2 heterocycles. The van der Waals surface area contributed by atoms with E-state index in [0.717, 1.165) is 35.3 Å². The summed E-state index contributed by atoms with van der Waals surface area (Å²) in [6.07, 6.45) is 1.54. The summed E-state index contributed by atoms with van der Waals surface area (Å²) in [4.78, 5) is 23.8. The van der Waals surface area contributed by atoms with E-state index in [2.05, 4.69) is 86.3 Å². The van der Waals surface area contributed by atoms with Gasteiger partial charge in [0.15, 0.2) is 5.76 Å². The molecule has 0 radical (unpaired) electrons. The zero-order valence-electron chi connectivity index (χ0n) is 23.7. The van der Waals surface area contributed by atoms with E-state index in [1.165, 1.54) is 6.21 Å². The van der Waals surface area contributed by atoms with Crippen molar-refractivity contribution in [2.45, 2.75) is 27.1 Å². The van der Waals surface area contributed by atoms with E-state index >= 15 is 0 Å². The highest BCUT2D eigenvalue weighted by molar-refractivity contribution is 14.1. The topological polar surface area (TPSA) is 115 Å². The van der Waals surface area contributed by atoms with Crippen molar-refractivity contribution in [2.24, 2.45) is 5.10 Å². The van der Waals surface area contributed by atoms with Crippen molar-refractivity contribution in [1.29, 1.82) is 0 Å². The van der Waals surface area contributed by atoms with Crippen molar-refractivity contribution in [1.82, 2.24) is 9.99 Å². The van der Waals surface area contributed by atoms with Crippen molar-refractivity contribution in [3.8, 4) is 17.2 Å². The number of carbonyl (C=O) groups excluding carboxylic acids is 1. The number of nitrogens with zero attached hydrogens (tertiary/aromatic N) is 2. The van der Waals surface area contributed by atoms with E-state index in [4.69, 9.17) is 13.9 Å². The standard InChI is InChI=1S/C33H27I2N3O6/c1-20-6-7-21(2)38(20)25-8-10-26(11-9-25)42-19-27-12-13-30(44-27)32(39)37-36-17-23-15-28(34)31(29(35)16-23)43-18-22-4-3-5-24(14-22)33(40)41/h3-17H,18-19H2,1-2H3,(H,37,39)(H,40,41)/b36-17+. The molecule has 11 heteroatoms. The smallest absolute Gasteiger partial charge is 0.335 e. The number of carbonyl (C=O) groups is 2. The van der Waals surface area contributed by atoms with Crippen molar-refractivity contribution in [3.05, 3.63) is 132 Å². The Morgan fingerprint density at radius 1 is 0.909 bits per heavy atom. The number of rotatable bonds is 11. The van der Waals surface area contributed by atoms with Crippen LogP contribution >= 0.6 is 45.2 Å². The first-order valence-corrected chi connectivity index (χ1v) is 15.6. The molecule has 2 aromatic heterocycles. The molecule has 0 aliphatic carbocycles. The zero-order chi connectivity index (χ0) is 31.2. The van der Waals surface area contributed by atoms with E-state index in [9.17, 15) is 14.7 Å². The van der Waals surface area contributed by atoms with Gasteiger partial charge in [0.2, 0.25) is 0 Å². The molecule has 224 valence electrons. The summed E-state index contributed by atoms with van der Waals surface area (Å²) in [6.45, 7) is 4.54. The summed E-state index contributed by atoms with van der Waals surface area (Å²) in [5.41, 5.74) is 7.60. The number of aromatic carboxylic acids is 1. The highest BCUT2D eigenvalue weighted by Gasteiger charge is 2.13. The molecule has 0 aliphatic rings. The van der Waals surface area contributed by atoms with Gasteiger partial charge in [-0.1, -0.05) is 12.1 Å². The number of amides is 1. The zero-order valence-corrected chi connectivity index (χ0v) is 28.0. The number of halogens is 2. The highest BCUT2D eigenvalue weighted by Crippen LogP contribution is 2.29. The molecule has 0 unspecified atom stereocenters. The normalized spacial score (nSPS) is 11.1. The lowest BCUT2D eigenvalue weighted by Crippen LogP contribution is -2.16. The van der Waals surface area contributed by atoms with Crippen LogP contribution in [0.3, 0.4) is 0 Å². The SMILES string of the molecule is Cc1ccc(C)n1-c1ccc(OCc2ccc(C(=O)N/N=C/c3cc(I)c(OCc4cccc(C(=O)O)c4)c(I)c3)o2)cc1. The van der Waals surface area contributed by atoms with Crippen LogP contribution in [0, 0.1) is 21.0 Å². The fourth-order valence-electron chi connectivity index (χ4n) is 4.46. The first-order valence-electron chi connectivity index (χ1n) is 13.4. The largest absolute Gasteiger partial charge is 0.487 e. The van der Waals surface area contributed by atoms with Gasteiger partial charge in [-0.3, -0.25) is 4.79 Å². The number of aryl methyl sites for hydroxylation is 2. The Labute approximate surface area is 281 Å². The Morgan fingerprint density at radius 2 is 1.61 bits per heavy atom. The monoisotopic (exact) mass is 815 g/mol. The Bertz CT molecular complexity index is 1800. The molecule has 0 saturated carbocycles. The van der Waals surface area contributed by atoms with Gasteiger partial charge in [-0.15, -0.1) is 0 Å². The van der Waals surface area contributed by atoms with Gasteiger partial charge < -0.3 is 23.6 Å². The number of carboxylic acid groups (broad SMARTS) is 1. The lowest BCUT2D eigenvalue weighted by atomic mass is 10.1. The van der Waals surface area contributed by atoms with Crippen LogP contribution in [0.2, 0.25) is 0 Å². The molecule has 1 amide bonds. The van der Waals surface area contributed by atoms with Gasteiger partial charge >= 0.3 is 11.9 Å². The second kappa shape index (κ2) is 14.1. The van der Waals surface area contributed by atoms with Crippen LogP contribution in [0.25, 0.3) is 5.69 Å². The van der Waals surface area contributed by atoms with E-state index in [1.807, 2.05) is 42.5 Å². The van der Waals surface area contributed by atoms with Crippen molar-refractivity contribution in [3.63, 3.8) is 0 Å². The Hall–Kier alpha value is -4.11. The number of furan rings is 1. The molecule has 0 saturated heterocycles. The van der Waals surface area contributed by atoms with Crippen LogP contribution in [0.15, 0.2) is 94.4 Å². The lowest BCUT2D eigenvalue weighted by Gasteiger charge is -2.12. The van der Waals surface area contributed by atoms with Gasteiger partial charge in [0, 0.05) is 17.1 Å². The summed E-state index contributed by atoms with van der Waals surface area (Å²) < 4.78 is 21.3. The maximum absolute atomic E-state index is 12.6. The number of benzene rings is 3. The maximum atomic E-state index is 12.6. The van der Waals surface area contributed by atoms with E-state index in [0.29, 0.717) is 17.3 Å². The number of nitrogens with one attached hydrogen (secondary N) is 1. The fourth-order valence-corrected chi connectivity index (χ4v) is 6.59. The second-order valence-electron chi connectivity index (χ2n) is 9.81. The summed E-state index contributed by atoms with van der Waals surface area (Å²) in [7, 11) is 0. The summed E-state index contributed by atoms with van der Waals surface area (Å²) in [5.74, 6) is 0.535. The van der Waals surface area contributed by atoms with Crippen LogP contribution in [0.4, 0.5) is 0 Å². The summed E-state index contributed by atoms with van der Waals surface area (Å²) >= 11 is 4.33. The molecule has 5 aromatic rings. The number of aromatic nitrogens is 1. The maximum Gasteiger partial charge on any atom is 0.335 e. The van der Waals surface area contributed by atoms with Gasteiger partial charge in [-0.2, -0.15) is 5.10 Å². The van der Waals surface area contributed by atoms with Crippen LogP contribution in [-0.2, 0) is 13.2 Å². The van der Waals surface area contributed by atoms with Gasteiger partial charge in [0.1, 0.15) is 30.5 Å². The predicted octanol–water partition coefficient (Wildman–Crippen LogP) is 7.52. The van der Waals surface area contributed by atoms with Gasteiger partial charge in [-0.25, -0.2) is 10.2 Å². The molecular weight excluding hydrogens is 788 g/mol. The predicted molar refractivity (Wildman–Crippen MR) is 183 cm³/mol. The quantitative estimate of drug-likeness (QED) is 0.0811. The van der Waals surface area contributed by atoms with Gasteiger partial charge in [-0.05, 0) is 143 Å². The number of ether oxygens (including phenoxy) is 2. The van der Waals surface area contributed by atoms with Crippen molar-refractivity contribution < 1.29 is 28.6 Å². The van der Waals surface area contributed by atoms with Crippen LogP contribution in [0.5, 0.6) is 11.5 Å². The minimum Gasteiger partial charge on any atom is -0.487 e. The van der Waals surface area contributed by atoms with Crippen LogP contribution < -0.4 is 14.9 Å². The number of hydrogen-bond acceptors (Lipinski definition) is 6. The lowest BCUT2D eigenvalue weighted by molar-refractivity contribution is 0.0696. The summed E-state index contributed by atoms with van der Waals surface area (Å²) in [5, 5.41) is 13.3. The van der Waals surface area contributed by atoms with E-state index < -0.39 is 11.9 Å². The number of carboxylic acids is 1. The molecule has 0 aliphatic heterocycles. The first-order chi connectivity index (χ1) is 21.2. The third-order valence-electron chi connectivity index (χ3n) is 6.59. The van der Waals surface area contributed by atoms with Crippen LogP contribution in [0.1, 0.15) is 49.2 Å². The minimum atomic E-state index is -0.982. The Balaban J connectivity index is 1.13. The minimum absolute atomic E-state index is 0.120. The average molecular weight is 815 g/mol. The molecular formula is C33H27I2N3O6. The van der Waals surface area contributed by atoms with Crippen molar-refractivity contribution >= 4 is 63.3 Å². The first kappa shape index (κ1) is 31.3. The third kappa shape index (κ3) is 7.69. The molecule has 9 nitrogen and oxygen atoms in total. The Kier molecular flexibility index (Phi) is 10.0. The molecule has 44 heavy (non-hydrogen) atoms. The molecule has 0 bridgehead atoms. The molecule has 0 fully saturated rings. The highest BCUT2D eigenvalue weighted by atomic mass is 127. The van der Waals surface area contributed by atoms with Gasteiger partial charge in [0.05, 0.1) is 18.9 Å². The molecule has 5 rings (SSSR count). The molecule has 2 N–H and O–H groups in total. The molecule has 3 aromatic carbocycles. The Morgan fingerprint density at radius 3 is 2.30 bits per heavy atom. The van der Waals surface area contributed by atoms with Crippen LogP contribution in [-0.4, -0.2) is 27.8 Å².